The van der Waals surface area contributed by atoms with E-state index in [1.807, 2.05) is 0 Å². The summed E-state index contributed by atoms with van der Waals surface area (Å²) in [5.74, 6) is -24.7. The lowest BCUT2D eigenvalue weighted by Gasteiger charge is -2.33. The third-order valence-corrected chi connectivity index (χ3v) is 24.3. The zero-order valence-corrected chi connectivity index (χ0v) is 76.7. The van der Waals surface area contributed by atoms with Gasteiger partial charge in [0.2, 0.25) is 100 Å². The molecule has 5 aromatic carbocycles. The molecule has 45 heteroatoms. The molecule has 0 radical (unpaired) electrons. The summed E-state index contributed by atoms with van der Waals surface area (Å²) in [5.41, 5.74) is 12.9. The van der Waals surface area contributed by atoms with E-state index in [-0.39, 0.29) is 59.5 Å². The van der Waals surface area contributed by atoms with Gasteiger partial charge in [-0.1, -0.05) is 131 Å². The molecule has 2 aliphatic rings. The molecule has 0 aromatic heterocycles. The molecule has 0 spiro atoms. The second kappa shape index (κ2) is 51.4. The number of benzene rings is 5. The van der Waals surface area contributed by atoms with E-state index in [4.69, 9.17) is 11.5 Å². The van der Waals surface area contributed by atoms with Crippen LogP contribution in [0, 0.1) is 5.41 Å². The lowest BCUT2D eigenvalue weighted by Crippen LogP contribution is -2.62. The van der Waals surface area contributed by atoms with Crippen LogP contribution < -0.4 is 96.5 Å². The Morgan fingerprint density at radius 3 is 1.44 bits per heavy atom. The maximum Gasteiger partial charge on any atom is 0.305 e. The number of fused-ring (bicyclic) bond motifs is 6. The first-order chi connectivity index (χ1) is 62.9. The number of carboxylic acids is 3. The molecule has 0 saturated heterocycles. The van der Waals surface area contributed by atoms with Crippen molar-refractivity contribution in [2.24, 2.45) is 16.9 Å². The number of rotatable bonds is 22. The summed E-state index contributed by atoms with van der Waals surface area (Å²) in [7, 11) is 1.48. The number of nitrogens with two attached hydrogens (primary N) is 2. The van der Waals surface area contributed by atoms with Crippen LogP contribution in [0.4, 0.5) is 0 Å². The quantitative estimate of drug-likeness (QED) is 0.0332. The van der Waals surface area contributed by atoms with Crippen LogP contribution in [-0.4, -0.2) is 260 Å². The summed E-state index contributed by atoms with van der Waals surface area (Å²) >= 11 is 3.14. The first-order valence-electron chi connectivity index (χ1n) is 42.4. The third-order valence-electron chi connectivity index (χ3n) is 21.0. The molecule has 24 N–H and O–H groups in total. The van der Waals surface area contributed by atoms with Crippen molar-refractivity contribution in [3.63, 3.8) is 0 Å². The van der Waals surface area contributed by atoms with Crippen LogP contribution in [0.3, 0.4) is 0 Å². The van der Waals surface area contributed by atoms with E-state index in [0.29, 0.717) is 38.6 Å². The Labute approximate surface area is 777 Å². The van der Waals surface area contributed by atoms with Crippen LogP contribution in [0.1, 0.15) is 120 Å². The Bertz CT molecular complexity index is 5100. The van der Waals surface area contributed by atoms with Crippen molar-refractivity contribution < 1.29 is 116 Å². The molecule has 15 atom stereocenters. The minimum atomic E-state index is -2.08. The molecule has 0 saturated carbocycles. The molecule has 0 aliphatic carbocycles. The number of primary amides is 2. The van der Waals surface area contributed by atoms with E-state index in [9.17, 15) is 102 Å². The van der Waals surface area contributed by atoms with Crippen LogP contribution in [0.25, 0.3) is 10.8 Å². The van der Waals surface area contributed by atoms with Gasteiger partial charge in [-0.3, -0.25) is 95.9 Å². The lowest BCUT2D eigenvalue weighted by molar-refractivity contribution is -0.142. The average Bonchev–Trinajstić information content (AvgIpc) is 0.832. The van der Waals surface area contributed by atoms with E-state index in [1.165, 1.54) is 79.8 Å². The number of carbonyl (C=O) groups is 20. The molecule has 5 aromatic rings. The predicted molar refractivity (Wildman–Crippen MR) is 489 cm³/mol. The number of hydrogen-bond acceptors (Lipinski definition) is 25. The average molecular weight is 1900 g/mol. The maximum absolute atomic E-state index is 15.2. The Hall–Kier alpha value is -13.4. The highest BCUT2D eigenvalue weighted by Crippen LogP contribution is 2.27. The first kappa shape index (κ1) is 107. The molecule has 7 rings (SSSR count). The van der Waals surface area contributed by atoms with Gasteiger partial charge in [0.05, 0.1) is 25.8 Å². The Morgan fingerprint density at radius 1 is 0.459 bits per heavy atom. The zero-order chi connectivity index (χ0) is 98.1. The summed E-state index contributed by atoms with van der Waals surface area (Å²) in [6, 6.07) is 4.28. The highest BCUT2D eigenvalue weighted by atomic mass is 32.2. The number of hydrogen-bond donors (Lipinski definition) is 22. The Kier molecular flexibility index (Phi) is 41.2. The van der Waals surface area contributed by atoms with Crippen LogP contribution in [-0.2, 0) is 132 Å². The summed E-state index contributed by atoms with van der Waals surface area (Å²) in [6.45, 7) is 9.48. The molecule has 2 aliphatic heterocycles. The smallest absolute Gasteiger partial charge is 0.305 e. The molecule has 17 amide bonds. The van der Waals surface area contributed by atoms with Crippen LogP contribution in [0.2, 0.25) is 0 Å². The van der Waals surface area contributed by atoms with Crippen molar-refractivity contribution in [1.29, 1.82) is 0 Å². The fourth-order valence-electron chi connectivity index (χ4n) is 13.9. The molecule has 0 unspecified atom stereocenters. The number of phenols is 1. The molecule has 2 heterocycles. The number of aromatic hydroxyl groups is 1. The second-order valence-electron chi connectivity index (χ2n) is 33.0. The van der Waals surface area contributed by atoms with Crippen LogP contribution in [0.5, 0.6) is 5.75 Å². The Balaban J connectivity index is 1.39. The SMILES string of the molecule is CC[C@@H]1NC(=O)[C@@H]2CSCc3cc(cc(c3)CSC[C@H](NC(=O)[C@H](C)NC(=O)CNC)C(=O)N[C@H](C)C(=O)N[C@@H](CC(N)=O)C(=O)N[C@@H](CCC(=O)O)C(=O)N[C@@H](Cc3cccc4ccccc34)C(=O)N[C@H](C)C(=O)N2)CSC[C@@H](C(N)=O)NC(=O)[C@H](C(C)(C)C)NC(=O)[C@H](CC(=O)O)NC(=O)[C@H](Cc2ccc(O)cc2)NC(=O)[C@H](Cc2ccccc2)NC(=O)[C@H](CC(=O)O)NC1=O. The van der Waals surface area contributed by atoms with Crippen molar-refractivity contribution in [2.45, 2.75) is 214 Å². The molecule has 0 fully saturated rings. The summed E-state index contributed by atoms with van der Waals surface area (Å²) in [5, 5.41) is 82.1. The maximum atomic E-state index is 15.2. The highest BCUT2D eigenvalue weighted by molar-refractivity contribution is 7.99. The van der Waals surface area contributed by atoms with Crippen molar-refractivity contribution in [2.75, 3.05) is 30.9 Å². The van der Waals surface area contributed by atoms with Crippen molar-refractivity contribution in [3.05, 3.63) is 149 Å². The van der Waals surface area contributed by atoms with E-state index >= 15 is 14.4 Å². The number of aliphatic carboxylic acids is 3. The summed E-state index contributed by atoms with van der Waals surface area (Å²) in [6.07, 6.45) is -6.32. The topological polar surface area (TPSA) is 667 Å². The normalized spacial score (nSPS) is 23.8. The second-order valence-corrected chi connectivity index (χ2v) is 36.1. The zero-order valence-electron chi connectivity index (χ0n) is 74.3. The fraction of sp³-hybridized carbons (Fsp3) is 0.455. The van der Waals surface area contributed by atoms with Crippen molar-refractivity contribution in [1.82, 2.24) is 85.1 Å². The number of amides is 17. The van der Waals surface area contributed by atoms with Gasteiger partial charge in [0.1, 0.15) is 96.4 Å². The number of carbonyl (C=O) groups excluding carboxylic acids is 17. The van der Waals surface area contributed by atoms with Gasteiger partial charge >= 0.3 is 17.9 Å². The number of thioether (sulfide) groups is 3. The highest BCUT2D eigenvalue weighted by Gasteiger charge is 2.42. The number of phenolic OH excluding ortho intramolecular Hbond substituents is 1. The van der Waals surface area contributed by atoms with E-state index in [1.54, 1.807) is 91.0 Å². The van der Waals surface area contributed by atoms with E-state index in [2.05, 4.69) is 85.1 Å². The van der Waals surface area contributed by atoms with Gasteiger partial charge in [-0.25, -0.2) is 0 Å². The monoisotopic (exact) mass is 1900 g/mol. The van der Waals surface area contributed by atoms with Crippen molar-refractivity contribution >= 4 is 164 Å². The van der Waals surface area contributed by atoms with Gasteiger partial charge in [-0.15, -0.1) is 0 Å². The third kappa shape index (κ3) is 34.7. The van der Waals surface area contributed by atoms with Gasteiger partial charge in [-0.05, 0) is 102 Å². The Morgan fingerprint density at radius 2 is 0.902 bits per heavy atom. The number of carboxylic acid groups (broad SMARTS) is 3. The molecule has 718 valence electrons. The van der Waals surface area contributed by atoms with E-state index in [0.717, 1.165) is 35.3 Å². The van der Waals surface area contributed by atoms with Gasteiger partial charge in [-0.2, -0.15) is 35.3 Å². The fourth-order valence-corrected chi connectivity index (χ4v) is 16.9. The minimum Gasteiger partial charge on any atom is -0.508 e. The number of likely N-dealkylation sites (N-methyl/N-ethyl adjacent to an activating group) is 1. The van der Waals surface area contributed by atoms with Crippen molar-refractivity contribution in [3.8, 4) is 5.75 Å². The number of nitrogens with one attached hydrogen (secondary N) is 16. The first-order valence-corrected chi connectivity index (χ1v) is 45.9. The molecule has 42 nitrogen and oxygen atoms in total. The lowest BCUT2D eigenvalue weighted by atomic mass is 9.85. The van der Waals surface area contributed by atoms with Gasteiger partial charge in [0, 0.05) is 60.2 Å². The molecular formula is C88H114N18O24S3. The molecule has 133 heavy (non-hydrogen) atoms. The standard InChI is InChI=1S/C88H114N18O24S3/c1-9-56-77(120)101-62(35-70(112)113)83(126)99-58(31-47-16-11-10-12-17-47)80(123)98-59(32-48-22-24-54(107)25-23-48)81(124)102-63(36-71(114)115)84(127)106-72(88(5,6)7)87(130)103-64(73(90)116)41-131-38-49-28-50-30-51(29-49)40-133-43-66(86(129)95-56)105-76(119)46(4)93-79(122)60(33-53-20-15-19-52-18-13-14-21-55(52)53)100-78(121)57(26-27-69(110)111)96-82(125)61(34-67(89)108)97-75(118)45(3)94-85(128)65(42-132-39-50)104-74(117)44(2)92-68(109)37-91-8/h10-25,28-30,44-46,56-66,72,91,107H,9,26-27,31-43H2,1-8H3,(H2,89,108)(H2,90,116)(H,92,109)(H,93,122)(H,94,128)(H,95,129)(H,96,125)(H,97,118)(H,98,123)(H,99,126)(H,100,121)(H,101,120)(H,102,124)(H,103,130)(H,104,117)(H,105,119)(H,106,127)(H,110,111)(H,112,113)(H,114,115)/t44-,45+,46+,56-,57-,58-,59-,60-,61-,62-,63-,64-,65-,66-,72+/m0/s1. The van der Waals surface area contributed by atoms with Crippen LogP contribution >= 0.6 is 35.3 Å². The minimum absolute atomic E-state index is 0.00574. The largest absolute Gasteiger partial charge is 0.508 e. The van der Waals surface area contributed by atoms with Gasteiger partial charge in [0.15, 0.2) is 0 Å². The van der Waals surface area contributed by atoms with Gasteiger partial charge < -0.3 is 117 Å². The summed E-state index contributed by atoms with van der Waals surface area (Å²) in [4.78, 5) is 283. The molecular weight excluding hydrogens is 1790 g/mol. The van der Waals surface area contributed by atoms with E-state index < -0.39 is 265 Å². The summed E-state index contributed by atoms with van der Waals surface area (Å²) < 4.78 is 0. The van der Waals surface area contributed by atoms with Crippen LogP contribution in [0.15, 0.2) is 115 Å². The predicted octanol–water partition coefficient (Wildman–Crippen LogP) is -2.82. The van der Waals surface area contributed by atoms with Gasteiger partial charge in [0.25, 0.3) is 0 Å². The molecule has 4 bridgehead atoms.